The Hall–Kier alpha value is -3.02. The van der Waals surface area contributed by atoms with E-state index in [1.807, 2.05) is 44.2 Å². The number of aryl methyl sites for hydroxylation is 2. The second-order valence-corrected chi connectivity index (χ2v) is 6.47. The van der Waals surface area contributed by atoms with Crippen LogP contribution in [0.15, 0.2) is 54.6 Å². The van der Waals surface area contributed by atoms with Crippen LogP contribution in [0.25, 0.3) is 0 Å². The minimum Gasteiger partial charge on any atom is -0.354 e. The maximum Gasteiger partial charge on any atom is 0.221 e. The molecule has 0 spiro atoms. The number of hydrogen-bond donors (Lipinski definition) is 1. The van der Waals surface area contributed by atoms with Crippen LogP contribution >= 0.6 is 0 Å². The number of nitrogens with zero attached hydrogens (tertiary/aromatic N) is 3. The van der Waals surface area contributed by atoms with Crippen molar-refractivity contribution in [2.24, 2.45) is 0 Å². The summed E-state index contributed by atoms with van der Waals surface area (Å²) in [7, 11) is 0. The first kappa shape index (κ1) is 18.8. The van der Waals surface area contributed by atoms with Gasteiger partial charge in [0.15, 0.2) is 0 Å². The maximum atomic E-state index is 14.3. The van der Waals surface area contributed by atoms with Gasteiger partial charge in [-0.1, -0.05) is 48.5 Å². The highest BCUT2D eigenvalue weighted by molar-refractivity contribution is 5.77. The fraction of sp³-hybridized carbons (Fsp3) is 0.286. The standard InChI is InChI=1S/C21H23FN4O/c1-15-24-16(2)26(25-15)13-12-23-21(27)14-19(17-8-4-3-5-9-17)18-10-6-7-11-20(18)22/h3-11,19H,12-14H2,1-2H3,(H,23,27)/t19-/m1/s1. The molecule has 2 aromatic carbocycles. The zero-order chi connectivity index (χ0) is 19.2. The molecule has 0 saturated heterocycles. The summed E-state index contributed by atoms with van der Waals surface area (Å²) in [4.78, 5) is 16.8. The molecule has 1 atom stereocenters. The molecule has 0 fully saturated rings. The number of nitrogens with one attached hydrogen (secondary N) is 1. The van der Waals surface area contributed by atoms with Crippen molar-refractivity contribution in [2.75, 3.05) is 6.54 Å². The van der Waals surface area contributed by atoms with Crippen molar-refractivity contribution in [3.8, 4) is 0 Å². The highest BCUT2D eigenvalue weighted by Gasteiger charge is 2.21. The molecule has 0 aliphatic rings. The first-order chi connectivity index (χ1) is 13.0. The van der Waals surface area contributed by atoms with Crippen molar-refractivity contribution in [2.45, 2.75) is 32.7 Å². The number of benzene rings is 2. The largest absolute Gasteiger partial charge is 0.354 e. The lowest BCUT2D eigenvalue weighted by Crippen LogP contribution is -2.29. The average Bonchev–Trinajstić information content (AvgIpc) is 2.98. The van der Waals surface area contributed by atoms with Gasteiger partial charge in [-0.05, 0) is 31.0 Å². The first-order valence-electron chi connectivity index (χ1n) is 8.98. The van der Waals surface area contributed by atoms with Crippen LogP contribution < -0.4 is 5.32 Å². The van der Waals surface area contributed by atoms with E-state index in [-0.39, 0.29) is 24.1 Å². The van der Waals surface area contributed by atoms with E-state index in [0.29, 0.717) is 24.5 Å². The van der Waals surface area contributed by atoms with E-state index < -0.39 is 0 Å². The Morgan fingerprint density at radius 2 is 1.81 bits per heavy atom. The summed E-state index contributed by atoms with van der Waals surface area (Å²) in [6, 6.07) is 16.2. The Kier molecular flexibility index (Phi) is 5.96. The summed E-state index contributed by atoms with van der Waals surface area (Å²) in [5, 5.41) is 7.19. The summed E-state index contributed by atoms with van der Waals surface area (Å²) in [5.41, 5.74) is 1.45. The number of rotatable bonds is 7. The van der Waals surface area contributed by atoms with Gasteiger partial charge in [-0.15, -0.1) is 0 Å². The molecule has 0 bridgehead atoms. The number of carbonyl (C=O) groups excluding carboxylic acids is 1. The second-order valence-electron chi connectivity index (χ2n) is 6.47. The molecule has 1 heterocycles. The Bertz CT molecular complexity index is 908. The molecule has 1 N–H and O–H groups in total. The van der Waals surface area contributed by atoms with Crippen molar-refractivity contribution < 1.29 is 9.18 Å². The van der Waals surface area contributed by atoms with Crippen molar-refractivity contribution in [1.82, 2.24) is 20.1 Å². The zero-order valence-electron chi connectivity index (χ0n) is 15.5. The van der Waals surface area contributed by atoms with Crippen LogP contribution in [0.4, 0.5) is 4.39 Å². The molecular formula is C21H23FN4O. The summed E-state index contributed by atoms with van der Waals surface area (Å²) in [5.74, 6) is 0.773. The molecule has 3 aromatic rings. The molecule has 0 saturated carbocycles. The lowest BCUT2D eigenvalue weighted by molar-refractivity contribution is -0.121. The van der Waals surface area contributed by atoms with Crippen LogP contribution in [-0.4, -0.2) is 27.2 Å². The third-order valence-electron chi connectivity index (χ3n) is 4.48. The van der Waals surface area contributed by atoms with E-state index in [4.69, 9.17) is 0 Å². The van der Waals surface area contributed by atoms with E-state index >= 15 is 0 Å². The molecule has 140 valence electrons. The molecule has 3 rings (SSSR count). The van der Waals surface area contributed by atoms with Crippen molar-refractivity contribution >= 4 is 5.91 Å². The fourth-order valence-corrected chi connectivity index (χ4v) is 3.18. The molecule has 6 heteroatoms. The minimum atomic E-state index is -0.331. The normalized spacial score (nSPS) is 12.0. The average molecular weight is 366 g/mol. The lowest BCUT2D eigenvalue weighted by atomic mass is 9.88. The van der Waals surface area contributed by atoms with Crippen molar-refractivity contribution in [3.63, 3.8) is 0 Å². The van der Waals surface area contributed by atoms with Gasteiger partial charge in [0.05, 0.1) is 6.54 Å². The molecule has 0 radical (unpaired) electrons. The monoisotopic (exact) mass is 366 g/mol. The van der Waals surface area contributed by atoms with Crippen LogP contribution in [0, 0.1) is 19.7 Å². The van der Waals surface area contributed by atoms with Gasteiger partial charge in [0, 0.05) is 18.9 Å². The zero-order valence-corrected chi connectivity index (χ0v) is 15.5. The van der Waals surface area contributed by atoms with Crippen LogP contribution in [-0.2, 0) is 11.3 Å². The maximum absolute atomic E-state index is 14.3. The molecule has 0 aliphatic carbocycles. The van der Waals surface area contributed by atoms with Crippen LogP contribution in [0.5, 0.6) is 0 Å². The molecular weight excluding hydrogens is 343 g/mol. The quantitative estimate of drug-likeness (QED) is 0.697. The van der Waals surface area contributed by atoms with E-state index in [9.17, 15) is 9.18 Å². The van der Waals surface area contributed by atoms with Gasteiger partial charge in [-0.25, -0.2) is 14.1 Å². The van der Waals surface area contributed by atoms with E-state index in [2.05, 4.69) is 15.4 Å². The fourth-order valence-electron chi connectivity index (χ4n) is 3.18. The number of amides is 1. The molecule has 5 nitrogen and oxygen atoms in total. The summed E-state index contributed by atoms with van der Waals surface area (Å²) in [6.07, 6.45) is 0.181. The predicted molar refractivity (Wildman–Crippen MR) is 102 cm³/mol. The highest BCUT2D eigenvalue weighted by atomic mass is 19.1. The SMILES string of the molecule is Cc1nc(C)n(CCNC(=O)C[C@H](c2ccccc2)c2ccccc2F)n1. The van der Waals surface area contributed by atoms with Gasteiger partial charge in [0.1, 0.15) is 17.5 Å². The van der Waals surface area contributed by atoms with E-state index in [1.54, 1.807) is 22.9 Å². The van der Waals surface area contributed by atoms with Gasteiger partial charge >= 0.3 is 0 Å². The lowest BCUT2D eigenvalue weighted by Gasteiger charge is -2.18. The van der Waals surface area contributed by atoms with Crippen LogP contribution in [0.2, 0.25) is 0 Å². The minimum absolute atomic E-state index is 0.124. The number of hydrogen-bond acceptors (Lipinski definition) is 3. The Balaban J connectivity index is 1.68. The smallest absolute Gasteiger partial charge is 0.221 e. The van der Waals surface area contributed by atoms with Crippen LogP contribution in [0.3, 0.4) is 0 Å². The summed E-state index contributed by atoms with van der Waals surface area (Å²) < 4.78 is 16.1. The second kappa shape index (κ2) is 8.58. The topological polar surface area (TPSA) is 59.8 Å². The van der Waals surface area contributed by atoms with Gasteiger partial charge < -0.3 is 5.32 Å². The van der Waals surface area contributed by atoms with Gasteiger partial charge in [-0.3, -0.25) is 4.79 Å². The highest BCUT2D eigenvalue weighted by Crippen LogP contribution is 2.29. The third kappa shape index (κ3) is 4.78. The van der Waals surface area contributed by atoms with Gasteiger partial charge in [0.2, 0.25) is 5.91 Å². The first-order valence-corrected chi connectivity index (χ1v) is 8.98. The summed E-state index contributed by atoms with van der Waals surface area (Å²) >= 11 is 0. The Morgan fingerprint density at radius 1 is 1.11 bits per heavy atom. The molecule has 1 amide bonds. The van der Waals surface area contributed by atoms with E-state index in [0.717, 1.165) is 11.4 Å². The molecule has 1 aromatic heterocycles. The molecule has 0 unspecified atom stereocenters. The third-order valence-corrected chi connectivity index (χ3v) is 4.48. The number of carbonyl (C=O) groups is 1. The van der Waals surface area contributed by atoms with Crippen molar-refractivity contribution in [3.05, 3.63) is 83.2 Å². The number of aromatic nitrogens is 3. The van der Waals surface area contributed by atoms with Crippen LogP contribution in [0.1, 0.15) is 35.1 Å². The number of halogens is 1. The van der Waals surface area contributed by atoms with Gasteiger partial charge in [-0.2, -0.15) is 5.10 Å². The molecule has 0 aliphatic heterocycles. The van der Waals surface area contributed by atoms with E-state index in [1.165, 1.54) is 6.07 Å². The Morgan fingerprint density at radius 3 is 2.48 bits per heavy atom. The summed E-state index contributed by atoms with van der Waals surface area (Å²) in [6.45, 7) is 4.71. The van der Waals surface area contributed by atoms with Gasteiger partial charge in [0.25, 0.3) is 0 Å². The predicted octanol–water partition coefficient (Wildman–Crippen LogP) is 3.37. The Labute approximate surface area is 158 Å². The molecule has 27 heavy (non-hydrogen) atoms. The van der Waals surface area contributed by atoms with Crippen molar-refractivity contribution in [1.29, 1.82) is 0 Å².